The fraction of sp³-hybridized carbons (Fsp3) is 0.607. The van der Waals surface area contributed by atoms with Gasteiger partial charge in [-0.2, -0.15) is 9.97 Å². The summed E-state index contributed by atoms with van der Waals surface area (Å²) in [6.07, 6.45) is 1.76. The van der Waals surface area contributed by atoms with Gasteiger partial charge in [0.25, 0.3) is 0 Å². The molecule has 216 valence electrons. The Morgan fingerprint density at radius 2 is 1.88 bits per heavy atom. The molecule has 1 unspecified atom stereocenters. The van der Waals surface area contributed by atoms with Crippen LogP contribution in [-0.4, -0.2) is 68.2 Å². The molecular weight excluding hydrogens is 564 g/mol. The van der Waals surface area contributed by atoms with Crippen molar-refractivity contribution in [3.8, 4) is 0 Å². The van der Waals surface area contributed by atoms with E-state index in [2.05, 4.69) is 38.2 Å². The molecule has 4 heterocycles. The number of imidazole rings is 1. The van der Waals surface area contributed by atoms with Crippen LogP contribution in [0.1, 0.15) is 57.0 Å². The highest BCUT2D eigenvalue weighted by atomic mass is 35.5. The molecule has 0 bridgehead atoms. The predicted molar refractivity (Wildman–Crippen MR) is 149 cm³/mol. The quantitative estimate of drug-likeness (QED) is 0.305. The molecule has 1 aliphatic carbocycles. The number of fused-ring (bicyclic) bond motifs is 1. The molecule has 0 amide bonds. The number of nitrogens with zero attached hydrogens (tertiary/aromatic N) is 6. The molecule has 40 heavy (non-hydrogen) atoms. The number of anilines is 1. The lowest BCUT2D eigenvalue weighted by Gasteiger charge is -2.52. The SMILES string of the molecule is Cc1nc2c(N3C[C@@H](C)N(C(c4ccc(F)c(Cl)c4)C4CC(F)(F)C4)C[C@@H]3C)nc(Cl)nc2n1C[C@@H]1CCCO1. The first kappa shape index (κ1) is 28.0. The van der Waals surface area contributed by atoms with E-state index in [1.54, 1.807) is 12.1 Å². The number of aryl methyl sites for hydroxylation is 1. The Morgan fingerprint density at radius 1 is 1.10 bits per heavy atom. The Kier molecular flexibility index (Phi) is 7.42. The Balaban J connectivity index is 1.31. The van der Waals surface area contributed by atoms with Gasteiger partial charge in [-0.3, -0.25) is 4.90 Å². The molecule has 3 aliphatic rings. The van der Waals surface area contributed by atoms with Gasteiger partial charge in [-0.05, 0) is 68.8 Å². The molecule has 0 spiro atoms. The lowest BCUT2D eigenvalue weighted by Crippen LogP contribution is -2.59. The van der Waals surface area contributed by atoms with E-state index in [1.165, 1.54) is 6.07 Å². The maximum absolute atomic E-state index is 14.0. The van der Waals surface area contributed by atoms with Crippen molar-refractivity contribution in [1.82, 2.24) is 24.4 Å². The fourth-order valence-electron chi connectivity index (χ4n) is 6.68. The van der Waals surface area contributed by atoms with E-state index in [1.807, 2.05) is 6.92 Å². The maximum Gasteiger partial charge on any atom is 0.248 e. The average Bonchev–Trinajstić information content (AvgIpc) is 3.50. The Morgan fingerprint density at radius 3 is 2.55 bits per heavy atom. The van der Waals surface area contributed by atoms with E-state index in [-0.39, 0.29) is 53.3 Å². The fourth-order valence-corrected chi connectivity index (χ4v) is 7.03. The van der Waals surface area contributed by atoms with Gasteiger partial charge < -0.3 is 14.2 Å². The van der Waals surface area contributed by atoms with E-state index in [9.17, 15) is 13.2 Å². The Labute approximate surface area is 241 Å². The smallest absolute Gasteiger partial charge is 0.248 e. The normalized spacial score (nSPS) is 26.4. The monoisotopic (exact) mass is 596 g/mol. The molecule has 1 aromatic carbocycles. The first-order chi connectivity index (χ1) is 19.0. The number of benzene rings is 1. The molecule has 2 saturated heterocycles. The van der Waals surface area contributed by atoms with Crippen LogP contribution in [0.15, 0.2) is 18.2 Å². The molecule has 12 heteroatoms. The van der Waals surface area contributed by atoms with Crippen molar-refractivity contribution in [3.63, 3.8) is 0 Å². The highest BCUT2D eigenvalue weighted by molar-refractivity contribution is 6.30. The van der Waals surface area contributed by atoms with Gasteiger partial charge >= 0.3 is 0 Å². The molecule has 1 saturated carbocycles. The molecular formula is C28H33Cl2F3N6O. The van der Waals surface area contributed by atoms with Crippen molar-refractivity contribution in [2.45, 2.75) is 83.2 Å². The first-order valence-electron chi connectivity index (χ1n) is 13.9. The van der Waals surface area contributed by atoms with Crippen molar-refractivity contribution in [2.24, 2.45) is 5.92 Å². The number of halogens is 5. The zero-order valence-electron chi connectivity index (χ0n) is 22.8. The number of hydrogen-bond donors (Lipinski definition) is 0. The van der Waals surface area contributed by atoms with Crippen molar-refractivity contribution >= 4 is 40.2 Å². The van der Waals surface area contributed by atoms with Gasteiger partial charge in [0.2, 0.25) is 11.2 Å². The van der Waals surface area contributed by atoms with Gasteiger partial charge in [-0.1, -0.05) is 17.7 Å². The Hall–Kier alpha value is -2.14. The molecule has 7 nitrogen and oxygen atoms in total. The van der Waals surface area contributed by atoms with Crippen LogP contribution in [-0.2, 0) is 11.3 Å². The van der Waals surface area contributed by atoms with Crippen molar-refractivity contribution in [2.75, 3.05) is 24.6 Å². The molecule has 3 aromatic rings. The predicted octanol–water partition coefficient (Wildman–Crippen LogP) is 6.45. The minimum atomic E-state index is -2.67. The summed E-state index contributed by atoms with van der Waals surface area (Å²) in [5.74, 6) is -1.96. The van der Waals surface area contributed by atoms with Crippen molar-refractivity contribution < 1.29 is 17.9 Å². The number of rotatable bonds is 6. The molecule has 3 fully saturated rings. The molecule has 0 N–H and O–H groups in total. The van der Waals surface area contributed by atoms with Crippen LogP contribution >= 0.6 is 23.2 Å². The van der Waals surface area contributed by atoms with Crippen LogP contribution in [0.2, 0.25) is 10.3 Å². The van der Waals surface area contributed by atoms with E-state index in [4.69, 9.17) is 32.9 Å². The minimum absolute atomic E-state index is 0.0000918. The molecule has 0 radical (unpaired) electrons. The summed E-state index contributed by atoms with van der Waals surface area (Å²) in [6.45, 7) is 8.70. The van der Waals surface area contributed by atoms with Crippen LogP contribution in [0.4, 0.5) is 19.0 Å². The molecule has 2 aliphatic heterocycles. The summed E-state index contributed by atoms with van der Waals surface area (Å²) in [4.78, 5) is 18.5. The van der Waals surface area contributed by atoms with E-state index in [0.29, 0.717) is 36.6 Å². The second-order valence-corrected chi connectivity index (χ2v) is 12.3. The highest BCUT2D eigenvalue weighted by Crippen LogP contribution is 2.51. The van der Waals surface area contributed by atoms with Gasteiger partial charge in [-0.15, -0.1) is 0 Å². The van der Waals surface area contributed by atoms with Gasteiger partial charge in [0.15, 0.2) is 17.0 Å². The first-order valence-corrected chi connectivity index (χ1v) is 14.6. The zero-order valence-corrected chi connectivity index (χ0v) is 24.3. The summed E-state index contributed by atoms with van der Waals surface area (Å²) in [5.41, 5.74) is 2.13. The minimum Gasteiger partial charge on any atom is -0.376 e. The van der Waals surface area contributed by atoms with Gasteiger partial charge in [-0.25, -0.2) is 18.2 Å². The van der Waals surface area contributed by atoms with Crippen LogP contribution in [0, 0.1) is 18.7 Å². The van der Waals surface area contributed by atoms with Crippen LogP contribution < -0.4 is 4.90 Å². The topological polar surface area (TPSA) is 59.3 Å². The van der Waals surface area contributed by atoms with Crippen LogP contribution in [0.5, 0.6) is 0 Å². The van der Waals surface area contributed by atoms with Gasteiger partial charge in [0.1, 0.15) is 11.6 Å². The third-order valence-electron chi connectivity index (χ3n) is 8.67. The second-order valence-electron chi connectivity index (χ2n) is 11.6. The van der Waals surface area contributed by atoms with Crippen LogP contribution in [0.3, 0.4) is 0 Å². The number of hydrogen-bond acceptors (Lipinski definition) is 6. The summed E-state index contributed by atoms with van der Waals surface area (Å²) < 4.78 is 50.0. The summed E-state index contributed by atoms with van der Waals surface area (Å²) in [6, 6.07) is 4.20. The summed E-state index contributed by atoms with van der Waals surface area (Å²) >= 11 is 12.6. The molecule has 6 rings (SSSR count). The van der Waals surface area contributed by atoms with Crippen molar-refractivity contribution in [1.29, 1.82) is 0 Å². The van der Waals surface area contributed by atoms with E-state index in [0.717, 1.165) is 30.8 Å². The lowest BCUT2D eigenvalue weighted by molar-refractivity contribution is -0.137. The van der Waals surface area contributed by atoms with E-state index < -0.39 is 11.7 Å². The maximum atomic E-state index is 14.0. The standard InChI is InChI=1S/C28H33Cl2F3N6O/c1-15-13-38(25-23-26(36-27(30)35-25)39(17(3)34-23)14-20-5-4-8-40-20)16(2)12-37(15)24(19-10-28(32,33)11-19)18-6-7-22(31)21(29)9-18/h6-7,9,15-16,19-20,24H,4-5,8,10-14H2,1-3H3/t15-,16+,20+,24?/m1/s1. The number of ether oxygens (including phenoxy) is 1. The largest absolute Gasteiger partial charge is 0.376 e. The van der Waals surface area contributed by atoms with Gasteiger partial charge in [0, 0.05) is 50.7 Å². The summed E-state index contributed by atoms with van der Waals surface area (Å²) in [5, 5.41) is 0.147. The Bertz CT molecular complexity index is 1410. The third-order valence-corrected chi connectivity index (χ3v) is 9.13. The third kappa shape index (κ3) is 5.16. The zero-order chi connectivity index (χ0) is 28.3. The number of piperazine rings is 1. The second kappa shape index (κ2) is 10.6. The number of alkyl halides is 2. The molecule has 2 aromatic heterocycles. The van der Waals surface area contributed by atoms with Crippen molar-refractivity contribution in [3.05, 3.63) is 45.7 Å². The average molecular weight is 598 g/mol. The van der Waals surface area contributed by atoms with Gasteiger partial charge in [0.05, 0.1) is 17.7 Å². The molecule has 4 atom stereocenters. The highest BCUT2D eigenvalue weighted by Gasteiger charge is 2.51. The number of aromatic nitrogens is 4. The van der Waals surface area contributed by atoms with E-state index >= 15 is 0 Å². The van der Waals surface area contributed by atoms with Crippen LogP contribution in [0.25, 0.3) is 11.2 Å². The lowest BCUT2D eigenvalue weighted by atomic mass is 9.73. The summed E-state index contributed by atoms with van der Waals surface area (Å²) in [7, 11) is 0.